The first-order valence-corrected chi connectivity index (χ1v) is 11.4. The standard InChI is InChI=1S/C22H22ClF4N3O4/c23-16-2-1-14(5-17(16)24)32-10-18(31)28-13-8-21(9-13)6-12(7-21)20-30-29-19(33-20)11-3-15(4-11)34-22(25,26)27/h1-2,5,11-13,15H,3-4,6-10H2,(H,28,31)/t11-,12?,13?,15+,21?. The van der Waals surface area contributed by atoms with Crippen molar-refractivity contribution >= 4 is 17.5 Å². The maximum Gasteiger partial charge on any atom is 0.522 e. The number of carbonyl (C=O) groups excluding carboxylic acids is 1. The number of alkyl halides is 3. The minimum atomic E-state index is -4.63. The van der Waals surface area contributed by atoms with E-state index in [1.165, 1.54) is 12.1 Å². The van der Waals surface area contributed by atoms with Gasteiger partial charge in [0.1, 0.15) is 11.6 Å². The molecule has 1 heterocycles. The van der Waals surface area contributed by atoms with Gasteiger partial charge >= 0.3 is 6.36 Å². The molecule has 0 radical (unpaired) electrons. The first-order chi connectivity index (χ1) is 16.1. The summed E-state index contributed by atoms with van der Waals surface area (Å²) in [5, 5.41) is 11.0. The molecule has 12 heteroatoms. The summed E-state index contributed by atoms with van der Waals surface area (Å²) in [5.41, 5.74) is 0.138. The minimum absolute atomic E-state index is 0.0145. The lowest BCUT2D eigenvalue weighted by molar-refractivity contribution is -0.352. The Kier molecular flexibility index (Phi) is 5.96. The smallest absolute Gasteiger partial charge is 0.484 e. The molecule has 0 bridgehead atoms. The lowest BCUT2D eigenvalue weighted by atomic mass is 9.50. The monoisotopic (exact) mass is 503 g/mol. The van der Waals surface area contributed by atoms with Crippen LogP contribution in [0.2, 0.25) is 5.02 Å². The van der Waals surface area contributed by atoms with Crippen molar-refractivity contribution in [2.75, 3.05) is 6.61 Å². The molecule has 3 aliphatic rings. The number of hydrogen-bond acceptors (Lipinski definition) is 6. The fourth-order valence-corrected chi connectivity index (χ4v) is 5.31. The Labute approximate surface area is 197 Å². The normalized spacial score (nSPS) is 30.3. The van der Waals surface area contributed by atoms with Crippen molar-refractivity contribution in [2.24, 2.45) is 5.41 Å². The summed E-state index contributed by atoms with van der Waals surface area (Å²) in [6, 6.07) is 4.04. The molecule has 5 rings (SSSR count). The molecule has 3 saturated carbocycles. The highest BCUT2D eigenvalue weighted by molar-refractivity contribution is 6.30. The van der Waals surface area contributed by atoms with E-state index in [9.17, 15) is 22.4 Å². The molecular weight excluding hydrogens is 482 g/mol. The Morgan fingerprint density at radius 1 is 1.15 bits per heavy atom. The van der Waals surface area contributed by atoms with Crippen molar-refractivity contribution < 1.29 is 36.2 Å². The molecule has 1 N–H and O–H groups in total. The van der Waals surface area contributed by atoms with Gasteiger partial charge in [0, 0.05) is 23.9 Å². The van der Waals surface area contributed by atoms with E-state index >= 15 is 0 Å². The molecule has 0 saturated heterocycles. The van der Waals surface area contributed by atoms with Crippen molar-refractivity contribution in [1.82, 2.24) is 15.5 Å². The van der Waals surface area contributed by atoms with Crippen LogP contribution in [0.15, 0.2) is 22.6 Å². The number of nitrogens with one attached hydrogen (secondary N) is 1. The molecule has 2 aromatic rings. The zero-order chi connectivity index (χ0) is 24.1. The van der Waals surface area contributed by atoms with E-state index in [0.717, 1.165) is 31.7 Å². The summed E-state index contributed by atoms with van der Waals surface area (Å²) in [6.07, 6.45) is -1.64. The van der Waals surface area contributed by atoms with Gasteiger partial charge in [-0.2, -0.15) is 0 Å². The second-order valence-electron chi connectivity index (χ2n) is 9.47. The van der Waals surface area contributed by atoms with Crippen LogP contribution in [0, 0.1) is 11.2 Å². The van der Waals surface area contributed by atoms with Gasteiger partial charge in [-0.25, -0.2) is 4.39 Å². The van der Waals surface area contributed by atoms with Gasteiger partial charge in [-0.05, 0) is 56.1 Å². The zero-order valence-electron chi connectivity index (χ0n) is 17.9. The van der Waals surface area contributed by atoms with Crippen molar-refractivity contribution in [3.05, 3.63) is 40.8 Å². The number of halogens is 5. The van der Waals surface area contributed by atoms with Crippen molar-refractivity contribution in [1.29, 1.82) is 0 Å². The molecule has 0 unspecified atom stereocenters. The predicted molar refractivity (Wildman–Crippen MR) is 110 cm³/mol. The van der Waals surface area contributed by atoms with E-state index < -0.39 is 18.3 Å². The summed E-state index contributed by atoms with van der Waals surface area (Å²) in [7, 11) is 0. The number of hydrogen-bond donors (Lipinski definition) is 1. The second kappa shape index (κ2) is 8.67. The molecule has 184 valence electrons. The number of ether oxygens (including phenoxy) is 2. The van der Waals surface area contributed by atoms with Crippen LogP contribution < -0.4 is 10.1 Å². The Bertz CT molecular complexity index is 1060. The van der Waals surface area contributed by atoms with Crippen LogP contribution >= 0.6 is 11.6 Å². The number of nitrogens with zero attached hydrogens (tertiary/aromatic N) is 2. The summed E-state index contributed by atoms with van der Waals surface area (Å²) in [5.74, 6) is 0.171. The molecule has 1 aromatic heterocycles. The highest BCUT2D eigenvalue weighted by atomic mass is 35.5. The number of amides is 1. The van der Waals surface area contributed by atoms with Gasteiger partial charge in [0.25, 0.3) is 5.91 Å². The maximum atomic E-state index is 13.4. The number of aromatic nitrogens is 2. The minimum Gasteiger partial charge on any atom is -0.484 e. The number of carbonyl (C=O) groups is 1. The highest BCUT2D eigenvalue weighted by Gasteiger charge is 2.55. The Balaban J connectivity index is 1.01. The van der Waals surface area contributed by atoms with Crippen molar-refractivity contribution in [2.45, 2.75) is 68.9 Å². The van der Waals surface area contributed by atoms with E-state index in [4.69, 9.17) is 20.8 Å². The summed E-state index contributed by atoms with van der Waals surface area (Å²) in [6.45, 7) is -0.214. The summed E-state index contributed by atoms with van der Waals surface area (Å²) < 4.78 is 65.2. The molecule has 3 aliphatic carbocycles. The summed E-state index contributed by atoms with van der Waals surface area (Å²) >= 11 is 5.62. The van der Waals surface area contributed by atoms with Gasteiger partial charge in [0.15, 0.2) is 6.61 Å². The topological polar surface area (TPSA) is 86.5 Å². The molecule has 1 amide bonds. The average Bonchev–Trinajstić information content (AvgIpc) is 3.14. The molecule has 1 spiro atoms. The molecule has 7 nitrogen and oxygen atoms in total. The maximum absolute atomic E-state index is 13.4. The van der Waals surface area contributed by atoms with E-state index in [0.29, 0.717) is 11.8 Å². The fraction of sp³-hybridized carbons (Fsp3) is 0.591. The van der Waals surface area contributed by atoms with Crippen molar-refractivity contribution in [3.8, 4) is 5.75 Å². The van der Waals surface area contributed by atoms with Crippen LogP contribution in [0.5, 0.6) is 5.75 Å². The first kappa shape index (κ1) is 23.3. The van der Waals surface area contributed by atoms with Gasteiger partial charge in [-0.1, -0.05) is 11.6 Å². The van der Waals surface area contributed by atoms with E-state index in [1.54, 1.807) is 0 Å². The van der Waals surface area contributed by atoms with Crippen LogP contribution in [0.1, 0.15) is 62.1 Å². The van der Waals surface area contributed by atoms with E-state index in [1.807, 2.05) is 0 Å². The first-order valence-electron chi connectivity index (χ1n) is 11.0. The summed E-state index contributed by atoms with van der Waals surface area (Å²) in [4.78, 5) is 12.1. The van der Waals surface area contributed by atoms with Gasteiger partial charge in [-0.15, -0.1) is 23.4 Å². The third-order valence-electron chi connectivity index (χ3n) is 6.89. The molecule has 0 aliphatic heterocycles. The van der Waals surface area contributed by atoms with Crippen LogP contribution in [-0.2, 0) is 9.53 Å². The number of benzene rings is 1. The van der Waals surface area contributed by atoms with Crippen LogP contribution in [0.3, 0.4) is 0 Å². The average molecular weight is 504 g/mol. The van der Waals surface area contributed by atoms with Gasteiger partial charge in [0.2, 0.25) is 11.8 Å². The third-order valence-corrected chi connectivity index (χ3v) is 7.20. The van der Waals surface area contributed by atoms with Gasteiger partial charge < -0.3 is 14.5 Å². The van der Waals surface area contributed by atoms with Crippen molar-refractivity contribution in [3.63, 3.8) is 0 Å². The predicted octanol–water partition coefficient (Wildman–Crippen LogP) is 4.87. The molecule has 3 fully saturated rings. The highest BCUT2D eigenvalue weighted by Crippen LogP contribution is 2.61. The SMILES string of the molecule is O=C(COc1ccc(Cl)c(F)c1)NC1CC2(C1)CC(c1nnc([C@H]3C[C@@H](OC(F)(F)F)C3)o1)C2. The quantitative estimate of drug-likeness (QED) is 0.543. The molecule has 1 aromatic carbocycles. The Morgan fingerprint density at radius 2 is 1.82 bits per heavy atom. The lowest BCUT2D eigenvalue weighted by Crippen LogP contribution is -2.56. The third kappa shape index (κ3) is 5.00. The lowest BCUT2D eigenvalue weighted by Gasteiger charge is -2.57. The molecule has 0 atom stereocenters. The fourth-order valence-electron chi connectivity index (χ4n) is 5.20. The van der Waals surface area contributed by atoms with E-state index in [-0.39, 0.29) is 59.4 Å². The van der Waals surface area contributed by atoms with E-state index in [2.05, 4.69) is 20.3 Å². The van der Waals surface area contributed by atoms with Crippen LogP contribution in [-0.4, -0.2) is 41.2 Å². The largest absolute Gasteiger partial charge is 0.522 e. The van der Waals surface area contributed by atoms with Crippen LogP contribution in [0.4, 0.5) is 17.6 Å². The zero-order valence-corrected chi connectivity index (χ0v) is 18.7. The Morgan fingerprint density at radius 3 is 2.47 bits per heavy atom. The van der Waals surface area contributed by atoms with Crippen LogP contribution in [0.25, 0.3) is 0 Å². The van der Waals surface area contributed by atoms with Gasteiger partial charge in [0.05, 0.1) is 11.1 Å². The Hall–Kier alpha value is -2.40. The van der Waals surface area contributed by atoms with Gasteiger partial charge in [-0.3, -0.25) is 9.53 Å². The second-order valence-corrected chi connectivity index (χ2v) is 9.88. The number of rotatable bonds is 7. The molecular formula is C22H22ClF4N3O4. The molecule has 34 heavy (non-hydrogen) atoms.